The zero-order valence-electron chi connectivity index (χ0n) is 14.7. The first-order chi connectivity index (χ1) is 12.5. The lowest BCUT2D eigenvalue weighted by molar-refractivity contribution is -0.118. The number of rotatable bonds is 4. The van der Waals surface area contributed by atoms with Crippen molar-refractivity contribution in [1.29, 1.82) is 0 Å². The van der Waals surface area contributed by atoms with Crippen LogP contribution in [0.2, 0.25) is 5.02 Å². The van der Waals surface area contributed by atoms with Crippen LogP contribution in [0, 0.1) is 13.8 Å². The van der Waals surface area contributed by atoms with E-state index in [0.29, 0.717) is 10.9 Å². The molecule has 0 bridgehead atoms. The van der Waals surface area contributed by atoms with Gasteiger partial charge in [0.05, 0.1) is 11.1 Å². The number of nitrogens with one attached hydrogen (secondary N) is 1. The van der Waals surface area contributed by atoms with Gasteiger partial charge in [-0.05, 0) is 62.6 Å². The van der Waals surface area contributed by atoms with E-state index in [1.807, 2.05) is 62.4 Å². The molecule has 132 valence electrons. The normalized spacial score (nSPS) is 14.9. The van der Waals surface area contributed by atoms with Crippen LogP contribution in [0.1, 0.15) is 29.9 Å². The van der Waals surface area contributed by atoms with Gasteiger partial charge in [-0.2, -0.15) is 0 Å². The summed E-state index contributed by atoms with van der Waals surface area (Å²) in [5.41, 5.74) is 2.93. The van der Waals surface area contributed by atoms with Gasteiger partial charge in [-0.3, -0.25) is 4.79 Å². The second kappa shape index (κ2) is 6.29. The lowest BCUT2D eigenvalue weighted by atomic mass is 9.95. The van der Waals surface area contributed by atoms with Gasteiger partial charge in [0.2, 0.25) is 11.8 Å². The smallest absolute Gasteiger partial charge is 0.235 e. The lowest BCUT2D eigenvalue weighted by Gasteiger charge is -2.16. The van der Waals surface area contributed by atoms with Crippen molar-refractivity contribution in [3.8, 4) is 11.5 Å². The average molecular weight is 367 g/mol. The van der Waals surface area contributed by atoms with Crippen molar-refractivity contribution in [2.24, 2.45) is 0 Å². The number of oxazole rings is 1. The van der Waals surface area contributed by atoms with Crippen molar-refractivity contribution in [3.05, 3.63) is 70.6 Å². The molecule has 4 rings (SSSR count). The number of amides is 1. The molecule has 0 unspecified atom stereocenters. The third kappa shape index (κ3) is 3.01. The van der Waals surface area contributed by atoms with Crippen LogP contribution in [0.5, 0.6) is 0 Å². The summed E-state index contributed by atoms with van der Waals surface area (Å²) in [5, 5.41) is 3.69. The molecule has 26 heavy (non-hydrogen) atoms. The number of aryl methyl sites for hydroxylation is 2. The maximum Gasteiger partial charge on any atom is 0.235 e. The molecule has 1 heterocycles. The Morgan fingerprint density at radius 1 is 1.15 bits per heavy atom. The predicted molar refractivity (Wildman–Crippen MR) is 102 cm³/mol. The van der Waals surface area contributed by atoms with E-state index in [2.05, 4.69) is 10.3 Å². The fourth-order valence-corrected chi connectivity index (χ4v) is 3.33. The van der Waals surface area contributed by atoms with Crippen LogP contribution < -0.4 is 5.32 Å². The highest BCUT2D eigenvalue weighted by molar-refractivity contribution is 6.30. The Labute approximate surface area is 157 Å². The van der Waals surface area contributed by atoms with Crippen molar-refractivity contribution >= 4 is 23.2 Å². The van der Waals surface area contributed by atoms with Gasteiger partial charge >= 0.3 is 0 Å². The Hall–Kier alpha value is -2.59. The zero-order valence-corrected chi connectivity index (χ0v) is 15.4. The number of anilines is 1. The van der Waals surface area contributed by atoms with Gasteiger partial charge in [-0.15, -0.1) is 0 Å². The summed E-state index contributed by atoms with van der Waals surface area (Å²) >= 11 is 6.10. The molecule has 3 aromatic rings. The number of nitrogens with zero attached hydrogens (tertiary/aromatic N) is 1. The minimum atomic E-state index is -0.475. The fourth-order valence-electron chi connectivity index (χ4n) is 3.13. The van der Waals surface area contributed by atoms with Crippen LogP contribution in [0.25, 0.3) is 11.5 Å². The molecular formula is C21H19ClN2O2. The molecule has 1 saturated carbocycles. The van der Waals surface area contributed by atoms with Gasteiger partial charge in [0.25, 0.3) is 0 Å². The number of hydrogen-bond acceptors (Lipinski definition) is 3. The van der Waals surface area contributed by atoms with E-state index in [0.717, 1.165) is 41.1 Å². The molecule has 1 aliphatic carbocycles. The predicted octanol–water partition coefficient (Wildman–Crippen LogP) is 5.28. The number of halogens is 1. The van der Waals surface area contributed by atoms with E-state index in [1.165, 1.54) is 0 Å². The number of carbonyl (C=O) groups excluding carboxylic acids is 1. The number of carbonyl (C=O) groups is 1. The summed E-state index contributed by atoms with van der Waals surface area (Å²) in [7, 11) is 0. The van der Waals surface area contributed by atoms with Gasteiger partial charge in [0.15, 0.2) is 0 Å². The van der Waals surface area contributed by atoms with Crippen molar-refractivity contribution in [2.75, 3.05) is 5.32 Å². The Balaban J connectivity index is 1.58. The molecule has 4 nitrogen and oxygen atoms in total. The zero-order chi connectivity index (χ0) is 18.3. The van der Waals surface area contributed by atoms with E-state index >= 15 is 0 Å². The quantitative estimate of drug-likeness (QED) is 0.683. The van der Waals surface area contributed by atoms with Crippen LogP contribution in [0.15, 0.2) is 52.9 Å². The molecule has 1 amide bonds. The van der Waals surface area contributed by atoms with Gasteiger partial charge in [-0.25, -0.2) is 4.98 Å². The first kappa shape index (κ1) is 16.9. The Kier molecular flexibility index (Phi) is 4.08. The second-order valence-electron chi connectivity index (χ2n) is 6.79. The summed E-state index contributed by atoms with van der Waals surface area (Å²) in [5.74, 6) is 1.36. The first-order valence-corrected chi connectivity index (χ1v) is 8.98. The summed E-state index contributed by atoms with van der Waals surface area (Å²) in [6.07, 6.45) is 1.66. The van der Waals surface area contributed by atoms with Gasteiger partial charge in [0, 0.05) is 16.3 Å². The maximum absolute atomic E-state index is 12.9. The molecule has 1 N–H and O–H groups in total. The van der Waals surface area contributed by atoms with Crippen LogP contribution in [-0.2, 0) is 10.2 Å². The third-order valence-corrected chi connectivity index (χ3v) is 5.19. The highest BCUT2D eigenvalue weighted by atomic mass is 35.5. The van der Waals surface area contributed by atoms with Gasteiger partial charge < -0.3 is 9.73 Å². The molecule has 5 heteroatoms. The number of hydrogen-bond donors (Lipinski definition) is 1. The summed E-state index contributed by atoms with van der Waals surface area (Å²) in [6, 6.07) is 15.1. The summed E-state index contributed by atoms with van der Waals surface area (Å²) in [6.45, 7) is 3.80. The lowest BCUT2D eigenvalue weighted by Crippen LogP contribution is -2.27. The van der Waals surface area contributed by atoms with Crippen LogP contribution >= 0.6 is 11.6 Å². The molecule has 0 radical (unpaired) electrons. The van der Waals surface area contributed by atoms with Crippen molar-refractivity contribution in [2.45, 2.75) is 32.1 Å². The minimum Gasteiger partial charge on any atom is -0.441 e. The van der Waals surface area contributed by atoms with E-state index in [1.54, 1.807) is 0 Å². The highest BCUT2D eigenvalue weighted by Crippen LogP contribution is 2.49. The molecule has 0 saturated heterocycles. The van der Waals surface area contributed by atoms with Crippen molar-refractivity contribution < 1.29 is 9.21 Å². The van der Waals surface area contributed by atoms with Gasteiger partial charge in [0.1, 0.15) is 5.76 Å². The Morgan fingerprint density at radius 3 is 2.58 bits per heavy atom. The van der Waals surface area contributed by atoms with E-state index in [9.17, 15) is 4.79 Å². The third-order valence-electron chi connectivity index (χ3n) is 4.96. The van der Waals surface area contributed by atoms with Gasteiger partial charge in [-0.1, -0.05) is 29.8 Å². The average Bonchev–Trinajstić information content (AvgIpc) is 3.37. The monoisotopic (exact) mass is 366 g/mol. The standard InChI is InChI=1S/C21H19ClN2O2/c1-13-14(2)26-19(23-13)15-5-3-8-18(11-15)24-20(25)21(9-10-21)16-6-4-7-17(22)12-16/h3-8,11-12H,9-10H2,1-2H3,(H,24,25). The summed E-state index contributed by atoms with van der Waals surface area (Å²) in [4.78, 5) is 17.3. The molecule has 0 aliphatic heterocycles. The van der Waals surface area contributed by atoms with Crippen molar-refractivity contribution in [1.82, 2.24) is 4.98 Å². The van der Waals surface area contributed by atoms with E-state index in [-0.39, 0.29) is 5.91 Å². The molecule has 2 aromatic carbocycles. The minimum absolute atomic E-state index is 0.00307. The van der Waals surface area contributed by atoms with Crippen LogP contribution in [0.4, 0.5) is 5.69 Å². The second-order valence-corrected chi connectivity index (χ2v) is 7.22. The Bertz CT molecular complexity index is 970. The van der Waals surface area contributed by atoms with Crippen LogP contribution in [0.3, 0.4) is 0 Å². The topological polar surface area (TPSA) is 55.1 Å². The summed E-state index contributed by atoms with van der Waals surface area (Å²) < 4.78 is 5.68. The molecule has 1 aromatic heterocycles. The molecule has 1 fully saturated rings. The molecule has 0 spiro atoms. The van der Waals surface area contributed by atoms with E-state index in [4.69, 9.17) is 16.0 Å². The first-order valence-electron chi connectivity index (χ1n) is 8.60. The number of aromatic nitrogens is 1. The fraction of sp³-hybridized carbons (Fsp3) is 0.238. The molecule has 0 atom stereocenters. The van der Waals surface area contributed by atoms with Crippen LogP contribution in [-0.4, -0.2) is 10.9 Å². The maximum atomic E-state index is 12.9. The number of benzene rings is 2. The molecule has 1 aliphatic rings. The van der Waals surface area contributed by atoms with Crippen molar-refractivity contribution in [3.63, 3.8) is 0 Å². The van der Waals surface area contributed by atoms with E-state index < -0.39 is 5.41 Å². The Morgan fingerprint density at radius 2 is 1.92 bits per heavy atom. The SMILES string of the molecule is Cc1nc(-c2cccc(NC(=O)C3(c4cccc(Cl)c4)CC3)c2)oc1C. The highest BCUT2D eigenvalue weighted by Gasteiger charge is 2.51. The largest absolute Gasteiger partial charge is 0.441 e. The molecular weight excluding hydrogens is 348 g/mol.